The van der Waals surface area contributed by atoms with Gasteiger partial charge in [-0.2, -0.15) is 0 Å². The number of halogens is 2. The largest absolute Gasteiger partial charge is 0.366 e. The van der Waals surface area contributed by atoms with Crippen LogP contribution in [0.4, 0.5) is 0 Å². The first-order valence-corrected chi connectivity index (χ1v) is 8.49. The number of carbonyl (C=O) groups excluding carboxylic acids is 1. The third-order valence-corrected chi connectivity index (χ3v) is 5.04. The molecule has 1 saturated heterocycles. The van der Waals surface area contributed by atoms with Gasteiger partial charge < -0.3 is 11.1 Å². The molecule has 0 saturated carbocycles. The van der Waals surface area contributed by atoms with Gasteiger partial charge in [-0.15, -0.1) is 12.4 Å². The molecule has 21 heavy (non-hydrogen) atoms. The van der Waals surface area contributed by atoms with E-state index in [2.05, 4.69) is 26.0 Å². The molecule has 1 amide bonds. The van der Waals surface area contributed by atoms with E-state index < -0.39 is 15.9 Å². The monoisotopic (exact) mass is 397 g/mol. The van der Waals surface area contributed by atoms with Gasteiger partial charge in [0, 0.05) is 22.6 Å². The molecular weight excluding hydrogens is 382 g/mol. The summed E-state index contributed by atoms with van der Waals surface area (Å²) in [5.41, 5.74) is 5.35. The van der Waals surface area contributed by atoms with E-state index in [0.29, 0.717) is 11.0 Å². The van der Waals surface area contributed by atoms with E-state index in [-0.39, 0.29) is 28.9 Å². The van der Waals surface area contributed by atoms with Gasteiger partial charge in [0.1, 0.15) is 0 Å². The lowest BCUT2D eigenvalue weighted by molar-refractivity contribution is 0.1000. The van der Waals surface area contributed by atoms with Crippen LogP contribution in [-0.4, -0.2) is 33.5 Å². The predicted octanol–water partition coefficient (Wildman–Crippen LogP) is 1.00. The van der Waals surface area contributed by atoms with Gasteiger partial charge in [0.05, 0.1) is 4.90 Å². The lowest BCUT2D eigenvalue weighted by Crippen LogP contribution is -2.45. The van der Waals surface area contributed by atoms with Crippen molar-refractivity contribution < 1.29 is 13.2 Å². The number of nitrogens with two attached hydrogens (primary N) is 1. The Labute approximate surface area is 138 Å². The van der Waals surface area contributed by atoms with Crippen molar-refractivity contribution in [2.45, 2.75) is 23.8 Å². The number of hydrogen-bond acceptors (Lipinski definition) is 4. The zero-order valence-electron chi connectivity index (χ0n) is 11.1. The van der Waals surface area contributed by atoms with E-state index in [1.165, 1.54) is 18.2 Å². The first-order valence-electron chi connectivity index (χ1n) is 6.22. The van der Waals surface area contributed by atoms with E-state index in [0.717, 1.165) is 19.4 Å². The van der Waals surface area contributed by atoms with Crippen molar-refractivity contribution >= 4 is 44.3 Å². The molecule has 118 valence electrons. The van der Waals surface area contributed by atoms with Gasteiger partial charge in [-0.25, -0.2) is 13.1 Å². The van der Waals surface area contributed by atoms with Crippen LogP contribution >= 0.6 is 28.3 Å². The standard InChI is InChI=1S/C12H16BrN3O3S.ClH/c13-9-4-8(12(14)17)5-11(6-9)20(18,19)16-10-2-1-3-15-7-10;/h4-6,10,15-16H,1-3,7H2,(H2,14,17);1H/t10-;/m0./s1. The van der Waals surface area contributed by atoms with Gasteiger partial charge in [-0.1, -0.05) is 15.9 Å². The van der Waals surface area contributed by atoms with Crippen LogP contribution in [0.5, 0.6) is 0 Å². The van der Waals surface area contributed by atoms with Gasteiger partial charge in [-0.05, 0) is 37.6 Å². The number of carbonyl (C=O) groups is 1. The highest BCUT2D eigenvalue weighted by molar-refractivity contribution is 9.10. The Bertz CT molecular complexity index is 618. The van der Waals surface area contributed by atoms with Gasteiger partial charge >= 0.3 is 0 Å². The van der Waals surface area contributed by atoms with Crippen LogP contribution in [0.15, 0.2) is 27.6 Å². The van der Waals surface area contributed by atoms with Crippen molar-refractivity contribution in [3.8, 4) is 0 Å². The molecule has 0 bridgehead atoms. The number of primary amides is 1. The smallest absolute Gasteiger partial charge is 0.248 e. The first-order chi connectivity index (χ1) is 9.38. The lowest BCUT2D eigenvalue weighted by atomic mass is 10.1. The second-order valence-electron chi connectivity index (χ2n) is 4.70. The number of amides is 1. The fourth-order valence-electron chi connectivity index (χ4n) is 2.10. The Morgan fingerprint density at radius 2 is 2.10 bits per heavy atom. The van der Waals surface area contributed by atoms with Crippen LogP contribution in [0.3, 0.4) is 0 Å². The van der Waals surface area contributed by atoms with Crippen molar-refractivity contribution in [3.63, 3.8) is 0 Å². The summed E-state index contributed by atoms with van der Waals surface area (Å²) in [5.74, 6) is -0.665. The number of nitrogens with one attached hydrogen (secondary N) is 2. The molecule has 1 aliphatic rings. The van der Waals surface area contributed by atoms with E-state index in [9.17, 15) is 13.2 Å². The molecule has 0 aromatic heterocycles. The summed E-state index contributed by atoms with van der Waals surface area (Å²) < 4.78 is 27.8. The fraction of sp³-hybridized carbons (Fsp3) is 0.417. The molecule has 0 unspecified atom stereocenters. The summed E-state index contributed by atoms with van der Waals surface area (Å²) in [6.45, 7) is 1.51. The van der Waals surface area contributed by atoms with E-state index in [4.69, 9.17) is 5.73 Å². The maximum absolute atomic E-state index is 12.3. The van der Waals surface area contributed by atoms with E-state index in [1.807, 2.05) is 0 Å². The molecule has 0 spiro atoms. The van der Waals surface area contributed by atoms with Crippen molar-refractivity contribution in [2.24, 2.45) is 5.73 Å². The summed E-state index contributed by atoms with van der Waals surface area (Å²) in [5, 5.41) is 3.14. The number of piperidine rings is 1. The molecule has 2 rings (SSSR count). The normalized spacial score (nSPS) is 18.8. The van der Waals surface area contributed by atoms with Crippen LogP contribution in [0, 0.1) is 0 Å². The number of benzene rings is 1. The van der Waals surface area contributed by atoms with Gasteiger partial charge in [-0.3, -0.25) is 4.79 Å². The Balaban J connectivity index is 0.00000220. The third kappa shape index (κ3) is 4.93. The first kappa shape index (κ1) is 18.4. The molecule has 1 atom stereocenters. The molecule has 1 heterocycles. The molecule has 1 aromatic carbocycles. The summed E-state index contributed by atoms with van der Waals surface area (Å²) >= 11 is 3.19. The van der Waals surface area contributed by atoms with Crippen LogP contribution in [0.2, 0.25) is 0 Å². The maximum atomic E-state index is 12.3. The molecule has 4 N–H and O–H groups in total. The Morgan fingerprint density at radius 1 is 1.38 bits per heavy atom. The number of rotatable bonds is 4. The van der Waals surface area contributed by atoms with E-state index >= 15 is 0 Å². The Hall–Kier alpha value is -0.670. The zero-order chi connectivity index (χ0) is 14.8. The van der Waals surface area contributed by atoms with Gasteiger partial charge in [0.2, 0.25) is 15.9 Å². The molecule has 6 nitrogen and oxygen atoms in total. The summed E-state index contributed by atoms with van der Waals surface area (Å²) in [7, 11) is -3.67. The minimum absolute atomic E-state index is 0. The second kappa shape index (κ2) is 7.55. The minimum Gasteiger partial charge on any atom is -0.366 e. The average molecular weight is 399 g/mol. The average Bonchev–Trinajstić information content (AvgIpc) is 2.38. The molecule has 1 aliphatic heterocycles. The van der Waals surface area contributed by atoms with Crippen LogP contribution < -0.4 is 15.8 Å². The fourth-order valence-corrected chi connectivity index (χ4v) is 4.09. The van der Waals surface area contributed by atoms with Gasteiger partial charge in [0.15, 0.2) is 0 Å². The molecular formula is C12H17BrClN3O3S. The summed E-state index contributed by atoms with van der Waals surface area (Å²) in [4.78, 5) is 11.2. The molecule has 1 aromatic rings. The maximum Gasteiger partial charge on any atom is 0.248 e. The molecule has 9 heteroatoms. The van der Waals surface area contributed by atoms with E-state index in [1.54, 1.807) is 0 Å². The van der Waals surface area contributed by atoms with Crippen LogP contribution in [0.25, 0.3) is 0 Å². The van der Waals surface area contributed by atoms with Crippen molar-refractivity contribution in [2.75, 3.05) is 13.1 Å². The van der Waals surface area contributed by atoms with Crippen molar-refractivity contribution in [1.82, 2.24) is 10.0 Å². The predicted molar refractivity (Wildman–Crippen MR) is 86.1 cm³/mol. The second-order valence-corrected chi connectivity index (χ2v) is 7.33. The summed E-state index contributed by atoms with van der Waals surface area (Å²) in [6.07, 6.45) is 1.72. The van der Waals surface area contributed by atoms with Crippen molar-refractivity contribution in [1.29, 1.82) is 0 Å². The molecule has 0 radical (unpaired) electrons. The highest BCUT2D eigenvalue weighted by Crippen LogP contribution is 2.20. The summed E-state index contributed by atoms with van der Waals surface area (Å²) in [6, 6.07) is 4.09. The zero-order valence-corrected chi connectivity index (χ0v) is 14.4. The lowest BCUT2D eigenvalue weighted by Gasteiger charge is -2.23. The Morgan fingerprint density at radius 3 is 2.67 bits per heavy atom. The highest BCUT2D eigenvalue weighted by Gasteiger charge is 2.22. The number of hydrogen-bond donors (Lipinski definition) is 3. The SMILES string of the molecule is Cl.NC(=O)c1cc(Br)cc(S(=O)(=O)N[C@H]2CCCNC2)c1. The van der Waals surface area contributed by atoms with Crippen molar-refractivity contribution in [3.05, 3.63) is 28.2 Å². The topological polar surface area (TPSA) is 101 Å². The quantitative estimate of drug-likeness (QED) is 0.704. The van der Waals surface area contributed by atoms with Crippen LogP contribution in [0.1, 0.15) is 23.2 Å². The molecule has 1 fully saturated rings. The number of sulfonamides is 1. The van der Waals surface area contributed by atoms with Gasteiger partial charge in [0.25, 0.3) is 0 Å². The molecule has 0 aliphatic carbocycles. The van der Waals surface area contributed by atoms with Crippen LogP contribution in [-0.2, 0) is 10.0 Å². The highest BCUT2D eigenvalue weighted by atomic mass is 79.9. The minimum atomic E-state index is -3.67. The Kier molecular flexibility index (Phi) is 6.61. The third-order valence-electron chi connectivity index (χ3n) is 3.08.